The highest BCUT2D eigenvalue weighted by molar-refractivity contribution is 6.10. The average molecular weight is 304 g/mol. The third kappa shape index (κ3) is 3.69. The Morgan fingerprint density at radius 1 is 1.23 bits per heavy atom. The maximum Gasteiger partial charge on any atom is 0.329 e. The van der Waals surface area contributed by atoms with Crippen LogP contribution in [0.25, 0.3) is 0 Å². The first-order valence-corrected chi connectivity index (χ1v) is 6.54. The summed E-state index contributed by atoms with van der Waals surface area (Å²) in [7, 11) is 0. The van der Waals surface area contributed by atoms with Crippen molar-refractivity contribution in [2.75, 3.05) is 0 Å². The van der Waals surface area contributed by atoms with Gasteiger partial charge in [0.05, 0.1) is 12.5 Å². The number of hydrogen-bond donors (Lipinski definition) is 0. The normalized spacial score (nSPS) is 18.1. The highest BCUT2D eigenvalue weighted by Crippen LogP contribution is 2.22. The van der Waals surface area contributed by atoms with E-state index in [2.05, 4.69) is 4.99 Å². The SMILES string of the molecule is CC1(C)OC(=O)C(C=NCc2ccc(C(=O)[O-])cc2)C(=O)O1. The van der Waals surface area contributed by atoms with Gasteiger partial charge in [0.1, 0.15) is 0 Å². The number of ether oxygens (including phenoxy) is 2. The van der Waals surface area contributed by atoms with Crippen LogP contribution in [-0.2, 0) is 25.6 Å². The van der Waals surface area contributed by atoms with E-state index in [9.17, 15) is 19.5 Å². The molecular formula is C15H14NO6-. The second-order valence-corrected chi connectivity index (χ2v) is 5.19. The number of aliphatic imine (C=N–C) groups is 1. The van der Waals surface area contributed by atoms with Gasteiger partial charge in [-0.25, -0.2) is 0 Å². The van der Waals surface area contributed by atoms with E-state index < -0.39 is 29.6 Å². The molecule has 0 unspecified atom stereocenters. The summed E-state index contributed by atoms with van der Waals surface area (Å²) in [5.41, 5.74) is 0.786. The van der Waals surface area contributed by atoms with E-state index in [1.165, 1.54) is 32.2 Å². The summed E-state index contributed by atoms with van der Waals surface area (Å²) in [5.74, 6) is -5.13. The topological polar surface area (TPSA) is 105 Å². The molecule has 7 nitrogen and oxygen atoms in total. The quantitative estimate of drug-likeness (QED) is 0.443. The summed E-state index contributed by atoms with van der Waals surface area (Å²) in [6, 6.07) is 5.93. The van der Waals surface area contributed by atoms with Crippen LogP contribution in [0.2, 0.25) is 0 Å². The predicted octanol–water partition coefficient (Wildman–Crippen LogP) is 0.0732. The van der Waals surface area contributed by atoms with Crippen LogP contribution >= 0.6 is 0 Å². The van der Waals surface area contributed by atoms with Crippen LogP contribution in [0.4, 0.5) is 0 Å². The molecule has 0 aliphatic carbocycles. The van der Waals surface area contributed by atoms with E-state index in [1.807, 2.05) is 0 Å². The number of rotatable bonds is 4. The molecule has 0 bridgehead atoms. The highest BCUT2D eigenvalue weighted by Gasteiger charge is 2.42. The summed E-state index contributed by atoms with van der Waals surface area (Å²) in [6.45, 7) is 3.12. The van der Waals surface area contributed by atoms with Crippen LogP contribution in [0.15, 0.2) is 29.3 Å². The smallest absolute Gasteiger partial charge is 0.329 e. The van der Waals surface area contributed by atoms with Gasteiger partial charge in [-0.05, 0) is 11.1 Å². The minimum Gasteiger partial charge on any atom is -0.545 e. The average Bonchev–Trinajstić information content (AvgIpc) is 2.41. The van der Waals surface area contributed by atoms with Crippen molar-refractivity contribution in [1.82, 2.24) is 0 Å². The molecule has 116 valence electrons. The number of hydrogen-bond acceptors (Lipinski definition) is 7. The minimum atomic E-state index is -1.26. The van der Waals surface area contributed by atoms with Gasteiger partial charge in [-0.1, -0.05) is 24.3 Å². The Balaban J connectivity index is 1.99. The van der Waals surface area contributed by atoms with E-state index in [0.717, 1.165) is 5.56 Å². The van der Waals surface area contributed by atoms with Crippen molar-refractivity contribution in [3.8, 4) is 0 Å². The first kappa shape index (κ1) is 15.7. The fraction of sp³-hybridized carbons (Fsp3) is 0.333. The number of esters is 2. The van der Waals surface area contributed by atoms with Gasteiger partial charge < -0.3 is 19.4 Å². The van der Waals surface area contributed by atoms with Crippen molar-refractivity contribution in [2.45, 2.75) is 26.2 Å². The van der Waals surface area contributed by atoms with Gasteiger partial charge in [-0.15, -0.1) is 0 Å². The van der Waals surface area contributed by atoms with E-state index in [4.69, 9.17) is 9.47 Å². The lowest BCUT2D eigenvalue weighted by Gasteiger charge is -2.31. The summed E-state index contributed by atoms with van der Waals surface area (Å²) >= 11 is 0. The molecule has 0 atom stereocenters. The minimum absolute atomic E-state index is 0.0643. The number of carbonyl (C=O) groups excluding carboxylic acids is 3. The van der Waals surface area contributed by atoms with E-state index >= 15 is 0 Å². The Kier molecular flexibility index (Phi) is 4.25. The van der Waals surface area contributed by atoms with Gasteiger partial charge in [-0.2, -0.15) is 0 Å². The van der Waals surface area contributed by atoms with Crippen LogP contribution in [0.1, 0.15) is 29.8 Å². The lowest BCUT2D eigenvalue weighted by atomic mass is 10.1. The van der Waals surface area contributed by atoms with E-state index in [1.54, 1.807) is 12.1 Å². The molecule has 1 aliphatic heterocycles. The Morgan fingerprint density at radius 3 is 2.27 bits per heavy atom. The monoisotopic (exact) mass is 304 g/mol. The second kappa shape index (κ2) is 5.97. The van der Waals surface area contributed by atoms with Crippen molar-refractivity contribution in [1.29, 1.82) is 0 Å². The first-order chi connectivity index (χ1) is 10.3. The van der Waals surface area contributed by atoms with Crippen LogP contribution in [0, 0.1) is 5.92 Å². The Labute approximate surface area is 126 Å². The Morgan fingerprint density at radius 2 is 1.77 bits per heavy atom. The second-order valence-electron chi connectivity index (χ2n) is 5.19. The van der Waals surface area contributed by atoms with Crippen molar-refractivity contribution in [3.63, 3.8) is 0 Å². The molecule has 2 rings (SSSR count). The maximum absolute atomic E-state index is 11.7. The first-order valence-electron chi connectivity index (χ1n) is 6.54. The summed E-state index contributed by atoms with van der Waals surface area (Å²) in [4.78, 5) is 38.0. The Hall–Kier alpha value is -2.70. The zero-order valence-corrected chi connectivity index (χ0v) is 12.1. The van der Waals surface area contributed by atoms with Crippen molar-refractivity contribution in [2.24, 2.45) is 10.9 Å². The lowest BCUT2D eigenvalue weighted by Crippen LogP contribution is -2.46. The number of nitrogens with zero attached hydrogens (tertiary/aromatic N) is 1. The Bertz CT molecular complexity index is 612. The number of carbonyl (C=O) groups is 3. The fourth-order valence-corrected chi connectivity index (χ4v) is 1.86. The molecular weight excluding hydrogens is 290 g/mol. The predicted molar refractivity (Wildman–Crippen MR) is 72.7 cm³/mol. The van der Waals surface area contributed by atoms with Gasteiger partial charge in [0.15, 0.2) is 5.92 Å². The van der Waals surface area contributed by atoms with Crippen molar-refractivity contribution < 1.29 is 29.0 Å². The molecule has 1 aromatic rings. The number of carboxylic acid groups (broad SMARTS) is 1. The molecule has 1 aliphatic rings. The van der Waals surface area contributed by atoms with Crippen LogP contribution in [0.3, 0.4) is 0 Å². The molecule has 1 aromatic carbocycles. The van der Waals surface area contributed by atoms with Gasteiger partial charge in [0.25, 0.3) is 5.79 Å². The van der Waals surface area contributed by atoms with Gasteiger partial charge >= 0.3 is 11.9 Å². The molecule has 0 spiro atoms. The summed E-state index contributed by atoms with van der Waals surface area (Å²) in [5, 5.41) is 10.6. The number of carboxylic acids is 1. The maximum atomic E-state index is 11.7. The van der Waals surface area contributed by atoms with E-state index in [0.29, 0.717) is 0 Å². The third-order valence-corrected chi connectivity index (χ3v) is 2.92. The van der Waals surface area contributed by atoms with Crippen LogP contribution in [-0.4, -0.2) is 29.9 Å². The molecule has 22 heavy (non-hydrogen) atoms. The molecule has 1 saturated heterocycles. The van der Waals surface area contributed by atoms with Crippen molar-refractivity contribution >= 4 is 24.1 Å². The highest BCUT2D eigenvalue weighted by atomic mass is 16.7. The molecule has 0 radical (unpaired) electrons. The molecule has 1 heterocycles. The zero-order chi connectivity index (χ0) is 16.3. The molecule has 0 aromatic heterocycles. The number of cyclic esters (lactones) is 2. The molecule has 0 saturated carbocycles. The fourth-order valence-electron chi connectivity index (χ4n) is 1.86. The molecule has 0 N–H and O–H groups in total. The van der Waals surface area contributed by atoms with Crippen LogP contribution < -0.4 is 5.11 Å². The third-order valence-electron chi connectivity index (χ3n) is 2.92. The van der Waals surface area contributed by atoms with Crippen molar-refractivity contribution in [3.05, 3.63) is 35.4 Å². The lowest BCUT2D eigenvalue weighted by molar-refractivity contribution is -0.255. The van der Waals surface area contributed by atoms with Gasteiger partial charge in [0, 0.05) is 20.1 Å². The summed E-state index contributed by atoms with van der Waals surface area (Å²) < 4.78 is 9.91. The molecule has 0 amide bonds. The number of benzene rings is 1. The largest absolute Gasteiger partial charge is 0.545 e. The molecule has 7 heteroatoms. The number of aromatic carboxylic acids is 1. The molecule has 1 fully saturated rings. The standard InChI is InChI=1S/C15H15NO6/c1-15(2)21-13(19)11(14(20)22-15)8-16-7-9-3-5-10(6-4-9)12(17)18/h3-6,8,11H,7H2,1-2H3,(H,17,18)/p-1. The van der Waals surface area contributed by atoms with Gasteiger partial charge in [-0.3, -0.25) is 14.6 Å². The van der Waals surface area contributed by atoms with E-state index in [-0.39, 0.29) is 12.1 Å². The van der Waals surface area contributed by atoms with Crippen LogP contribution in [0.5, 0.6) is 0 Å². The van der Waals surface area contributed by atoms with Gasteiger partial charge in [0.2, 0.25) is 0 Å². The summed E-state index contributed by atoms with van der Waals surface area (Å²) in [6.07, 6.45) is 1.17. The zero-order valence-electron chi connectivity index (χ0n) is 12.1.